The molecule has 0 fully saturated rings. The van der Waals surface area contributed by atoms with E-state index in [4.69, 9.17) is 9.66 Å². The number of hydrogen-bond acceptors (Lipinski definition) is 3. The Bertz CT molecular complexity index is 430. The van der Waals surface area contributed by atoms with Crippen LogP contribution in [0.5, 0.6) is 0 Å². The van der Waals surface area contributed by atoms with Crippen molar-refractivity contribution in [2.45, 2.75) is 19.4 Å². The van der Waals surface area contributed by atoms with Gasteiger partial charge in [0, 0.05) is 31.6 Å². The van der Waals surface area contributed by atoms with E-state index >= 15 is 0 Å². The van der Waals surface area contributed by atoms with Gasteiger partial charge < -0.3 is 5.11 Å². The van der Waals surface area contributed by atoms with Crippen LogP contribution in [0, 0.1) is 0 Å². The van der Waals surface area contributed by atoms with Gasteiger partial charge in [-0.15, -0.1) is 0 Å². The lowest BCUT2D eigenvalue weighted by molar-refractivity contribution is -0.704. The summed E-state index contributed by atoms with van der Waals surface area (Å²) >= 11 is 0. The number of hydrogen-bond donors (Lipinski definition) is 2. The Balaban J connectivity index is 2.71. The van der Waals surface area contributed by atoms with E-state index in [0.717, 1.165) is 5.69 Å². The SMILES string of the molecule is O=S(=O)(O)CCc1cccc[n+]1CCCO. The van der Waals surface area contributed by atoms with Crippen molar-refractivity contribution in [2.24, 2.45) is 0 Å². The summed E-state index contributed by atoms with van der Waals surface area (Å²) in [5, 5.41) is 8.73. The third kappa shape index (κ3) is 4.69. The quantitative estimate of drug-likeness (QED) is 0.537. The van der Waals surface area contributed by atoms with Crippen molar-refractivity contribution in [1.82, 2.24) is 0 Å². The summed E-state index contributed by atoms with van der Waals surface area (Å²) in [6.45, 7) is 0.734. The highest BCUT2D eigenvalue weighted by molar-refractivity contribution is 7.85. The topological polar surface area (TPSA) is 78.5 Å². The molecular weight excluding hydrogens is 230 g/mol. The number of rotatable bonds is 6. The predicted molar refractivity (Wildman–Crippen MR) is 58.5 cm³/mol. The minimum Gasteiger partial charge on any atom is -0.396 e. The molecule has 1 heterocycles. The zero-order valence-electron chi connectivity index (χ0n) is 8.91. The van der Waals surface area contributed by atoms with Crippen LogP contribution >= 0.6 is 0 Å². The number of pyridine rings is 1. The Hall–Kier alpha value is -0.980. The number of aliphatic hydroxyl groups excluding tert-OH is 1. The number of aliphatic hydroxyl groups is 1. The summed E-state index contributed by atoms with van der Waals surface area (Å²) in [5.74, 6) is -0.282. The Morgan fingerprint density at radius 2 is 2.06 bits per heavy atom. The second kappa shape index (κ2) is 5.93. The molecule has 2 N–H and O–H groups in total. The summed E-state index contributed by atoms with van der Waals surface area (Å²) in [6.07, 6.45) is 2.72. The van der Waals surface area contributed by atoms with Gasteiger partial charge in [0.1, 0.15) is 0 Å². The Kier molecular flexibility index (Phi) is 4.85. The van der Waals surface area contributed by atoms with E-state index in [0.29, 0.717) is 13.0 Å². The minimum absolute atomic E-state index is 0.0969. The maximum Gasteiger partial charge on any atom is 0.265 e. The van der Waals surface area contributed by atoms with Crippen LogP contribution in [0.25, 0.3) is 0 Å². The van der Waals surface area contributed by atoms with Crippen molar-refractivity contribution in [2.75, 3.05) is 12.4 Å². The molecule has 0 spiro atoms. The zero-order valence-corrected chi connectivity index (χ0v) is 9.73. The van der Waals surface area contributed by atoms with Gasteiger partial charge in [0.2, 0.25) is 0 Å². The van der Waals surface area contributed by atoms with Gasteiger partial charge in [-0.2, -0.15) is 8.42 Å². The molecule has 6 heteroatoms. The molecular formula is C10H16NO4S+. The lowest BCUT2D eigenvalue weighted by Gasteiger charge is -2.02. The van der Waals surface area contributed by atoms with Crippen LogP contribution in [0.2, 0.25) is 0 Å². The van der Waals surface area contributed by atoms with Gasteiger partial charge in [-0.3, -0.25) is 4.55 Å². The first kappa shape index (κ1) is 13.1. The van der Waals surface area contributed by atoms with Gasteiger partial charge in [0.15, 0.2) is 18.4 Å². The smallest absolute Gasteiger partial charge is 0.265 e. The molecule has 0 amide bonds. The molecule has 0 radical (unpaired) electrons. The maximum absolute atomic E-state index is 10.6. The van der Waals surface area contributed by atoms with Gasteiger partial charge in [-0.05, 0) is 0 Å². The van der Waals surface area contributed by atoms with Gasteiger partial charge in [-0.1, -0.05) is 6.07 Å². The van der Waals surface area contributed by atoms with Crippen LogP contribution in [0.3, 0.4) is 0 Å². The molecule has 90 valence electrons. The summed E-state index contributed by atoms with van der Waals surface area (Å²) < 4.78 is 31.8. The number of aromatic nitrogens is 1. The standard InChI is InChI=1S/C10H15NO4S/c12-8-3-7-11-6-2-1-4-10(11)5-9-16(13,14)15/h1-2,4,6,12H,3,5,7-9H2/p+1. The second-order valence-corrected chi connectivity index (χ2v) is 5.07. The molecule has 0 saturated carbocycles. The summed E-state index contributed by atoms with van der Waals surface area (Å²) in [6, 6.07) is 5.46. The van der Waals surface area contributed by atoms with Crippen LogP contribution in [0.15, 0.2) is 24.4 Å². The van der Waals surface area contributed by atoms with E-state index in [-0.39, 0.29) is 18.8 Å². The molecule has 0 aromatic carbocycles. The van der Waals surface area contributed by atoms with E-state index in [1.165, 1.54) is 0 Å². The normalized spacial score (nSPS) is 11.6. The third-order valence-electron chi connectivity index (χ3n) is 2.21. The number of nitrogens with zero attached hydrogens (tertiary/aromatic N) is 1. The molecule has 0 aliphatic rings. The van der Waals surface area contributed by atoms with Crippen LogP contribution < -0.4 is 4.57 Å². The molecule has 0 atom stereocenters. The Morgan fingerprint density at radius 3 is 2.69 bits per heavy atom. The summed E-state index contributed by atoms with van der Waals surface area (Å²) in [5.41, 5.74) is 0.827. The first-order chi connectivity index (χ1) is 7.53. The molecule has 0 aliphatic heterocycles. The van der Waals surface area contributed by atoms with Crippen molar-refractivity contribution in [3.8, 4) is 0 Å². The fraction of sp³-hybridized carbons (Fsp3) is 0.500. The van der Waals surface area contributed by atoms with Crippen molar-refractivity contribution in [3.05, 3.63) is 30.1 Å². The predicted octanol–water partition coefficient (Wildman–Crippen LogP) is -0.213. The van der Waals surface area contributed by atoms with Gasteiger partial charge in [0.05, 0.1) is 5.75 Å². The Labute approximate surface area is 95.1 Å². The average Bonchev–Trinajstić information content (AvgIpc) is 2.23. The first-order valence-electron chi connectivity index (χ1n) is 5.06. The van der Waals surface area contributed by atoms with Crippen LogP contribution in [-0.2, 0) is 23.1 Å². The van der Waals surface area contributed by atoms with Crippen LogP contribution in [0.4, 0.5) is 0 Å². The monoisotopic (exact) mass is 246 g/mol. The molecule has 0 bridgehead atoms. The molecule has 0 saturated heterocycles. The molecule has 1 aromatic heterocycles. The lowest BCUT2D eigenvalue weighted by atomic mass is 10.2. The van der Waals surface area contributed by atoms with Crippen molar-refractivity contribution in [3.63, 3.8) is 0 Å². The van der Waals surface area contributed by atoms with Crippen molar-refractivity contribution in [1.29, 1.82) is 0 Å². The summed E-state index contributed by atoms with van der Waals surface area (Å²) in [4.78, 5) is 0. The fourth-order valence-corrected chi connectivity index (χ4v) is 1.90. The molecule has 16 heavy (non-hydrogen) atoms. The van der Waals surface area contributed by atoms with Crippen LogP contribution in [-0.4, -0.2) is 30.4 Å². The fourth-order valence-electron chi connectivity index (χ4n) is 1.43. The van der Waals surface area contributed by atoms with Gasteiger partial charge in [0.25, 0.3) is 10.1 Å². The van der Waals surface area contributed by atoms with E-state index in [9.17, 15) is 8.42 Å². The van der Waals surface area contributed by atoms with Crippen molar-refractivity contribution < 1.29 is 22.6 Å². The lowest BCUT2D eigenvalue weighted by Crippen LogP contribution is -2.39. The molecule has 0 unspecified atom stereocenters. The van der Waals surface area contributed by atoms with Crippen molar-refractivity contribution >= 4 is 10.1 Å². The Morgan fingerprint density at radius 1 is 1.31 bits per heavy atom. The molecule has 1 rings (SSSR count). The minimum atomic E-state index is -3.92. The third-order valence-corrected chi connectivity index (χ3v) is 2.93. The highest BCUT2D eigenvalue weighted by Gasteiger charge is 2.13. The number of aryl methyl sites for hydroxylation is 2. The van der Waals surface area contributed by atoms with E-state index < -0.39 is 10.1 Å². The molecule has 0 aliphatic carbocycles. The zero-order chi connectivity index (χ0) is 12.0. The highest BCUT2D eigenvalue weighted by Crippen LogP contribution is 1.97. The molecule has 1 aromatic rings. The summed E-state index contributed by atoms with van der Waals surface area (Å²) in [7, 11) is -3.92. The van der Waals surface area contributed by atoms with Gasteiger partial charge in [-0.25, -0.2) is 4.57 Å². The van der Waals surface area contributed by atoms with E-state index in [1.54, 1.807) is 0 Å². The first-order valence-corrected chi connectivity index (χ1v) is 6.67. The average molecular weight is 246 g/mol. The largest absolute Gasteiger partial charge is 0.396 e. The van der Waals surface area contributed by atoms with E-state index in [2.05, 4.69) is 0 Å². The van der Waals surface area contributed by atoms with Crippen LogP contribution in [0.1, 0.15) is 12.1 Å². The second-order valence-electron chi connectivity index (χ2n) is 3.50. The van der Waals surface area contributed by atoms with Gasteiger partial charge >= 0.3 is 0 Å². The highest BCUT2D eigenvalue weighted by atomic mass is 32.2. The van der Waals surface area contributed by atoms with E-state index in [1.807, 2.05) is 29.0 Å². The molecule has 5 nitrogen and oxygen atoms in total. The maximum atomic E-state index is 10.6.